The minimum atomic E-state index is 0. The van der Waals surface area contributed by atoms with E-state index in [-0.39, 0.29) is 1.43 Å². The van der Waals surface area contributed by atoms with Gasteiger partial charge in [0.1, 0.15) is 5.82 Å². The molecule has 0 amide bonds. The largest absolute Gasteiger partial charge is 0.240 e. The van der Waals surface area contributed by atoms with Crippen LogP contribution in [0.15, 0.2) is 36.8 Å². The molecule has 0 unspecified atom stereocenters. The van der Waals surface area contributed by atoms with Crippen molar-refractivity contribution in [3.63, 3.8) is 0 Å². The minimum Gasteiger partial charge on any atom is -0.240 e. The van der Waals surface area contributed by atoms with E-state index in [0.717, 1.165) is 40.4 Å². The second kappa shape index (κ2) is 4.47. The summed E-state index contributed by atoms with van der Waals surface area (Å²) in [6, 6.07) is 4.01. The molecule has 0 atom stereocenters. The molecule has 0 spiro atoms. The highest BCUT2D eigenvalue weighted by molar-refractivity contribution is 5.82. The van der Waals surface area contributed by atoms with Crippen LogP contribution in [0.1, 0.15) is 49.4 Å². The van der Waals surface area contributed by atoms with E-state index in [1.165, 1.54) is 19.3 Å². The van der Waals surface area contributed by atoms with E-state index in [4.69, 9.17) is 4.98 Å². The van der Waals surface area contributed by atoms with Gasteiger partial charge in [0.2, 0.25) is 0 Å². The van der Waals surface area contributed by atoms with Crippen LogP contribution >= 0.6 is 0 Å². The minimum absolute atomic E-state index is 0. The first-order chi connectivity index (χ1) is 10.9. The van der Waals surface area contributed by atoms with Gasteiger partial charge in [0.15, 0.2) is 5.65 Å². The van der Waals surface area contributed by atoms with Crippen molar-refractivity contribution >= 4 is 11.2 Å². The summed E-state index contributed by atoms with van der Waals surface area (Å²) in [5.74, 6) is 1.60. The van der Waals surface area contributed by atoms with Crippen LogP contribution in [0.4, 0.5) is 0 Å². The van der Waals surface area contributed by atoms with Crippen LogP contribution < -0.4 is 0 Å². The summed E-state index contributed by atoms with van der Waals surface area (Å²) in [5.41, 5.74) is 5.20. The third-order valence-electron chi connectivity index (χ3n) is 4.68. The number of hydrogen-bond donors (Lipinski definition) is 0. The Bertz CT molecular complexity index is 910. The van der Waals surface area contributed by atoms with Gasteiger partial charge in [-0.25, -0.2) is 19.5 Å². The van der Waals surface area contributed by atoms with E-state index in [9.17, 15) is 0 Å². The van der Waals surface area contributed by atoms with Crippen molar-refractivity contribution in [2.75, 3.05) is 0 Å². The van der Waals surface area contributed by atoms with Crippen LogP contribution in [0, 0.1) is 0 Å². The maximum atomic E-state index is 4.79. The van der Waals surface area contributed by atoms with Gasteiger partial charge in [-0.3, -0.25) is 0 Å². The van der Waals surface area contributed by atoms with E-state index >= 15 is 0 Å². The molecule has 3 heterocycles. The SMILES string of the molecule is C1=C(c2ccc3nccn3n2)c2cnc(C3CCC3)nc2C1.[HH]. The summed E-state index contributed by atoms with van der Waals surface area (Å²) in [7, 11) is 0. The Morgan fingerprint density at radius 3 is 3.00 bits per heavy atom. The third kappa shape index (κ3) is 1.71. The fourth-order valence-corrected chi connectivity index (χ4v) is 3.19. The normalized spacial score (nSPS) is 17.4. The molecule has 5 heteroatoms. The molecule has 0 saturated heterocycles. The van der Waals surface area contributed by atoms with Crippen molar-refractivity contribution in [1.82, 2.24) is 24.6 Å². The number of hydrogen-bond acceptors (Lipinski definition) is 4. The molecule has 0 N–H and O–H groups in total. The zero-order valence-electron chi connectivity index (χ0n) is 12.1. The van der Waals surface area contributed by atoms with E-state index in [2.05, 4.69) is 21.1 Å². The third-order valence-corrected chi connectivity index (χ3v) is 4.68. The fourth-order valence-electron chi connectivity index (χ4n) is 3.19. The fraction of sp³-hybridized carbons (Fsp3) is 0.294. The molecular weight excluding hydrogens is 274 g/mol. The summed E-state index contributed by atoms with van der Waals surface area (Å²) in [4.78, 5) is 13.6. The second-order valence-electron chi connectivity index (χ2n) is 5.99. The molecule has 3 aromatic rings. The zero-order chi connectivity index (χ0) is 14.5. The Morgan fingerprint density at radius 2 is 2.14 bits per heavy atom. The van der Waals surface area contributed by atoms with Crippen molar-refractivity contribution in [2.45, 2.75) is 31.6 Å². The highest BCUT2D eigenvalue weighted by Gasteiger charge is 2.25. The predicted octanol–water partition coefficient (Wildman–Crippen LogP) is 3.02. The second-order valence-corrected chi connectivity index (χ2v) is 5.99. The van der Waals surface area contributed by atoms with Crippen molar-refractivity contribution < 1.29 is 1.43 Å². The Labute approximate surface area is 129 Å². The molecule has 22 heavy (non-hydrogen) atoms. The molecule has 1 saturated carbocycles. The average Bonchev–Trinajstić information content (AvgIpc) is 3.10. The first kappa shape index (κ1) is 12.0. The van der Waals surface area contributed by atoms with Crippen LogP contribution in [-0.4, -0.2) is 24.6 Å². The van der Waals surface area contributed by atoms with Gasteiger partial charge in [0.05, 0.1) is 11.4 Å². The Morgan fingerprint density at radius 1 is 1.18 bits per heavy atom. The molecule has 2 aliphatic rings. The number of fused-ring (bicyclic) bond motifs is 2. The zero-order valence-corrected chi connectivity index (χ0v) is 12.1. The van der Waals surface area contributed by atoms with E-state index in [1.807, 2.05) is 24.5 Å². The Kier molecular flexibility index (Phi) is 2.44. The maximum absolute atomic E-state index is 4.79. The quantitative estimate of drug-likeness (QED) is 0.728. The van der Waals surface area contributed by atoms with Crippen LogP contribution in [0.3, 0.4) is 0 Å². The summed E-state index contributed by atoms with van der Waals surface area (Å²) in [6.45, 7) is 0. The van der Waals surface area contributed by atoms with Crippen LogP contribution in [0.2, 0.25) is 0 Å². The smallest absolute Gasteiger partial charge is 0.153 e. The lowest BCUT2D eigenvalue weighted by Gasteiger charge is -2.24. The lowest BCUT2D eigenvalue weighted by Crippen LogP contribution is -2.13. The first-order valence-corrected chi connectivity index (χ1v) is 7.75. The number of imidazole rings is 1. The van der Waals surface area contributed by atoms with Gasteiger partial charge in [-0.2, -0.15) is 5.10 Å². The molecule has 0 aromatic carbocycles. The molecule has 110 valence electrons. The maximum Gasteiger partial charge on any atom is 0.153 e. The Balaban J connectivity index is 0.00000135. The Hall–Kier alpha value is -2.56. The lowest BCUT2D eigenvalue weighted by atomic mass is 9.85. The molecule has 5 nitrogen and oxygen atoms in total. The van der Waals surface area contributed by atoms with Crippen LogP contribution in [0.25, 0.3) is 11.2 Å². The average molecular weight is 291 g/mol. The molecule has 5 rings (SSSR count). The van der Waals surface area contributed by atoms with Crippen LogP contribution in [0.5, 0.6) is 0 Å². The van der Waals surface area contributed by atoms with E-state index in [1.54, 1.807) is 10.7 Å². The predicted molar refractivity (Wildman–Crippen MR) is 84.5 cm³/mol. The van der Waals surface area contributed by atoms with Crippen LogP contribution in [-0.2, 0) is 6.42 Å². The van der Waals surface area contributed by atoms with Gasteiger partial charge >= 0.3 is 0 Å². The summed E-state index contributed by atoms with van der Waals surface area (Å²) < 4.78 is 1.80. The van der Waals surface area contributed by atoms with Gasteiger partial charge < -0.3 is 0 Å². The molecule has 1 fully saturated rings. The van der Waals surface area contributed by atoms with Gasteiger partial charge in [-0.05, 0) is 25.0 Å². The first-order valence-electron chi connectivity index (χ1n) is 7.75. The standard InChI is InChI=1S/C17H15N5.H2/c1-2-11(3-1)17-19-10-13-12(4-5-14(13)20-17)15-6-7-16-18-8-9-22(16)21-15;/h4,6-11H,1-3,5H2;1H. The number of aromatic nitrogens is 5. The monoisotopic (exact) mass is 291 g/mol. The van der Waals surface area contributed by atoms with E-state index < -0.39 is 0 Å². The summed E-state index contributed by atoms with van der Waals surface area (Å²) >= 11 is 0. The van der Waals surface area contributed by atoms with Crippen molar-refractivity contribution in [3.8, 4) is 0 Å². The summed E-state index contributed by atoms with van der Waals surface area (Å²) in [5, 5.41) is 4.63. The van der Waals surface area contributed by atoms with Gasteiger partial charge in [0, 0.05) is 43.5 Å². The van der Waals surface area contributed by atoms with Gasteiger partial charge in [0.25, 0.3) is 0 Å². The molecule has 0 bridgehead atoms. The molecule has 2 aliphatic carbocycles. The number of rotatable bonds is 2. The summed E-state index contributed by atoms with van der Waals surface area (Å²) in [6.07, 6.45) is 12.5. The molecular formula is C17H17N5. The van der Waals surface area contributed by atoms with E-state index in [0.29, 0.717) is 5.92 Å². The number of nitrogens with zero attached hydrogens (tertiary/aromatic N) is 5. The highest BCUT2D eigenvalue weighted by atomic mass is 15.2. The van der Waals surface area contributed by atoms with Gasteiger partial charge in [-0.15, -0.1) is 0 Å². The van der Waals surface area contributed by atoms with Crippen molar-refractivity contribution in [2.24, 2.45) is 0 Å². The van der Waals surface area contributed by atoms with Crippen molar-refractivity contribution in [3.05, 3.63) is 59.6 Å². The molecule has 3 aromatic heterocycles. The topological polar surface area (TPSA) is 56.0 Å². The van der Waals surface area contributed by atoms with Gasteiger partial charge in [-0.1, -0.05) is 12.5 Å². The lowest BCUT2D eigenvalue weighted by molar-refractivity contribution is 0.400. The molecule has 0 aliphatic heterocycles. The number of allylic oxidation sites excluding steroid dienone is 1. The van der Waals surface area contributed by atoms with Crippen molar-refractivity contribution in [1.29, 1.82) is 0 Å². The highest BCUT2D eigenvalue weighted by Crippen LogP contribution is 2.36. The molecule has 0 radical (unpaired) electrons.